The van der Waals surface area contributed by atoms with Crippen molar-refractivity contribution < 1.29 is 14.6 Å². The number of ether oxygens (including phenoxy) is 1. The summed E-state index contributed by atoms with van der Waals surface area (Å²) in [5.41, 5.74) is 0.00298. The number of carbonyl (C=O) groups is 1. The van der Waals surface area contributed by atoms with Crippen LogP contribution < -0.4 is 4.74 Å². The van der Waals surface area contributed by atoms with Crippen molar-refractivity contribution in [2.45, 2.75) is 13.2 Å². The number of aromatic nitrogens is 3. The molecule has 0 saturated heterocycles. The number of halogens is 1. The summed E-state index contributed by atoms with van der Waals surface area (Å²) in [4.78, 5) is 11.0. The summed E-state index contributed by atoms with van der Waals surface area (Å²) in [5, 5.41) is 25.4. The normalized spacial score (nSPS) is 10.0. The van der Waals surface area contributed by atoms with Crippen LogP contribution in [0.1, 0.15) is 16.2 Å². The SMILES string of the molecule is N#CCn1nnc(C(=O)O)c1COc1ccc(Cl)cc1. The lowest BCUT2D eigenvalue weighted by atomic mass is 10.3. The third kappa shape index (κ3) is 3.05. The summed E-state index contributed by atoms with van der Waals surface area (Å²) in [5.74, 6) is -0.695. The molecule has 8 heteroatoms. The summed E-state index contributed by atoms with van der Waals surface area (Å²) in [6, 6.07) is 8.49. The summed E-state index contributed by atoms with van der Waals surface area (Å²) in [6.45, 7) is -0.155. The van der Waals surface area contributed by atoms with E-state index in [1.807, 2.05) is 6.07 Å². The second kappa shape index (κ2) is 6.04. The van der Waals surface area contributed by atoms with Gasteiger partial charge in [-0.25, -0.2) is 9.48 Å². The van der Waals surface area contributed by atoms with E-state index in [2.05, 4.69) is 10.3 Å². The van der Waals surface area contributed by atoms with Crippen LogP contribution in [0.4, 0.5) is 0 Å². The van der Waals surface area contributed by atoms with Crippen LogP contribution in [0.3, 0.4) is 0 Å². The largest absolute Gasteiger partial charge is 0.487 e. The van der Waals surface area contributed by atoms with E-state index in [1.165, 1.54) is 4.68 Å². The molecule has 0 aliphatic rings. The van der Waals surface area contributed by atoms with Gasteiger partial charge in [-0.3, -0.25) is 0 Å². The van der Waals surface area contributed by atoms with Crippen LogP contribution in [0, 0.1) is 11.3 Å². The molecule has 1 N–H and O–H groups in total. The number of hydrogen-bond acceptors (Lipinski definition) is 5. The molecule has 0 aliphatic carbocycles. The van der Waals surface area contributed by atoms with Gasteiger partial charge in [0.1, 0.15) is 24.6 Å². The van der Waals surface area contributed by atoms with Gasteiger partial charge < -0.3 is 9.84 Å². The molecule has 0 radical (unpaired) electrons. The Kier molecular flexibility index (Phi) is 4.17. The quantitative estimate of drug-likeness (QED) is 0.900. The highest BCUT2D eigenvalue weighted by Crippen LogP contribution is 2.17. The molecule has 0 bridgehead atoms. The summed E-state index contributed by atoms with van der Waals surface area (Å²) < 4.78 is 6.64. The van der Waals surface area contributed by atoms with Crippen LogP contribution in [-0.4, -0.2) is 26.1 Å². The second-order valence-electron chi connectivity index (χ2n) is 3.75. The molecule has 0 saturated carbocycles. The molecule has 1 heterocycles. The Labute approximate surface area is 119 Å². The minimum Gasteiger partial charge on any atom is -0.487 e. The van der Waals surface area contributed by atoms with E-state index in [0.717, 1.165) is 0 Å². The maximum atomic E-state index is 11.0. The van der Waals surface area contributed by atoms with E-state index in [1.54, 1.807) is 24.3 Å². The fourth-order valence-corrected chi connectivity index (χ4v) is 1.64. The van der Waals surface area contributed by atoms with E-state index in [9.17, 15) is 4.79 Å². The van der Waals surface area contributed by atoms with Crippen LogP contribution >= 0.6 is 11.6 Å². The molecule has 1 aromatic heterocycles. The maximum absolute atomic E-state index is 11.0. The van der Waals surface area contributed by atoms with Crippen LogP contribution in [-0.2, 0) is 13.2 Å². The molecule has 2 aromatic rings. The van der Waals surface area contributed by atoms with Crippen LogP contribution in [0.25, 0.3) is 0 Å². The van der Waals surface area contributed by atoms with E-state index in [4.69, 9.17) is 26.7 Å². The van der Waals surface area contributed by atoms with Gasteiger partial charge >= 0.3 is 5.97 Å². The fraction of sp³-hybridized carbons (Fsp3) is 0.167. The molecule has 20 heavy (non-hydrogen) atoms. The molecule has 0 unspecified atom stereocenters. The van der Waals surface area contributed by atoms with Crippen LogP contribution in [0.2, 0.25) is 5.02 Å². The number of aromatic carboxylic acids is 1. The van der Waals surface area contributed by atoms with Gasteiger partial charge in [-0.15, -0.1) is 5.10 Å². The first-order valence-electron chi connectivity index (χ1n) is 5.53. The molecule has 0 atom stereocenters. The molecule has 0 spiro atoms. The average Bonchev–Trinajstić information content (AvgIpc) is 2.82. The first kappa shape index (κ1) is 13.8. The predicted octanol–water partition coefficient (Wildman–Crippen LogP) is 1.73. The monoisotopic (exact) mass is 292 g/mol. The fourth-order valence-electron chi connectivity index (χ4n) is 1.52. The summed E-state index contributed by atoms with van der Waals surface area (Å²) in [7, 11) is 0. The molecule has 2 rings (SSSR count). The van der Waals surface area contributed by atoms with E-state index >= 15 is 0 Å². The lowest BCUT2D eigenvalue weighted by Gasteiger charge is -2.07. The van der Waals surface area contributed by atoms with Crippen molar-refractivity contribution in [1.82, 2.24) is 15.0 Å². The van der Waals surface area contributed by atoms with E-state index in [0.29, 0.717) is 10.8 Å². The Morgan fingerprint density at radius 2 is 2.15 bits per heavy atom. The number of nitriles is 1. The Morgan fingerprint density at radius 1 is 1.45 bits per heavy atom. The summed E-state index contributed by atoms with van der Waals surface area (Å²) in [6.07, 6.45) is 0. The molecule has 0 fully saturated rings. The zero-order valence-electron chi connectivity index (χ0n) is 10.2. The minimum atomic E-state index is -1.22. The minimum absolute atomic E-state index is 0.0576. The number of benzene rings is 1. The van der Waals surface area contributed by atoms with Gasteiger partial charge in [0.25, 0.3) is 0 Å². The number of carboxylic acids is 1. The van der Waals surface area contributed by atoms with Crippen LogP contribution in [0.15, 0.2) is 24.3 Å². The second-order valence-corrected chi connectivity index (χ2v) is 4.18. The molecule has 0 amide bonds. The third-order valence-corrected chi connectivity index (χ3v) is 2.70. The highest BCUT2D eigenvalue weighted by Gasteiger charge is 2.19. The van der Waals surface area contributed by atoms with Gasteiger partial charge in [0.05, 0.1) is 6.07 Å². The third-order valence-electron chi connectivity index (χ3n) is 2.45. The van der Waals surface area contributed by atoms with Crippen molar-refractivity contribution in [2.24, 2.45) is 0 Å². The first-order valence-corrected chi connectivity index (χ1v) is 5.90. The highest BCUT2D eigenvalue weighted by molar-refractivity contribution is 6.30. The molecule has 102 valence electrons. The number of nitrogens with zero attached hydrogens (tertiary/aromatic N) is 4. The first-order chi connectivity index (χ1) is 9.61. The highest BCUT2D eigenvalue weighted by atomic mass is 35.5. The number of carboxylic acid groups (broad SMARTS) is 1. The van der Waals surface area contributed by atoms with Gasteiger partial charge in [-0.1, -0.05) is 16.8 Å². The standard InChI is InChI=1S/C12H9ClN4O3/c13-8-1-3-9(4-2-8)20-7-10-11(12(18)19)15-16-17(10)6-5-14/h1-4H,6-7H2,(H,18,19). The maximum Gasteiger partial charge on any atom is 0.358 e. The van der Waals surface area contributed by atoms with Crippen molar-refractivity contribution in [3.05, 3.63) is 40.7 Å². The Hall–Kier alpha value is -2.59. The Bertz CT molecular complexity index is 660. The summed E-state index contributed by atoms with van der Waals surface area (Å²) >= 11 is 5.75. The predicted molar refractivity (Wildman–Crippen MR) is 68.4 cm³/mol. The average molecular weight is 293 g/mol. The van der Waals surface area contributed by atoms with Crippen molar-refractivity contribution in [3.8, 4) is 11.8 Å². The zero-order chi connectivity index (χ0) is 14.5. The number of hydrogen-bond donors (Lipinski definition) is 1. The van der Waals surface area contributed by atoms with Gasteiger partial charge in [0, 0.05) is 5.02 Å². The molecular formula is C12H9ClN4O3. The van der Waals surface area contributed by atoms with Gasteiger partial charge in [0.15, 0.2) is 5.69 Å². The molecule has 7 nitrogen and oxygen atoms in total. The smallest absolute Gasteiger partial charge is 0.358 e. The molecule has 0 aliphatic heterocycles. The van der Waals surface area contributed by atoms with Crippen LogP contribution in [0.5, 0.6) is 5.75 Å². The molecular weight excluding hydrogens is 284 g/mol. The Morgan fingerprint density at radius 3 is 2.75 bits per heavy atom. The topological polar surface area (TPSA) is 101 Å². The van der Waals surface area contributed by atoms with Crippen molar-refractivity contribution in [1.29, 1.82) is 5.26 Å². The lowest BCUT2D eigenvalue weighted by molar-refractivity contribution is 0.0687. The molecule has 1 aromatic carbocycles. The zero-order valence-corrected chi connectivity index (χ0v) is 10.9. The van der Waals surface area contributed by atoms with E-state index < -0.39 is 5.97 Å². The Balaban J connectivity index is 2.19. The van der Waals surface area contributed by atoms with Gasteiger partial charge in [-0.05, 0) is 24.3 Å². The van der Waals surface area contributed by atoms with Crippen molar-refractivity contribution in [3.63, 3.8) is 0 Å². The van der Waals surface area contributed by atoms with E-state index in [-0.39, 0.29) is 24.5 Å². The van der Waals surface area contributed by atoms with Crippen molar-refractivity contribution in [2.75, 3.05) is 0 Å². The number of rotatable bonds is 5. The lowest BCUT2D eigenvalue weighted by Crippen LogP contribution is -2.11. The van der Waals surface area contributed by atoms with Gasteiger partial charge in [0.2, 0.25) is 0 Å². The van der Waals surface area contributed by atoms with Crippen molar-refractivity contribution >= 4 is 17.6 Å². The van der Waals surface area contributed by atoms with Gasteiger partial charge in [-0.2, -0.15) is 5.26 Å².